The van der Waals surface area contributed by atoms with Crippen molar-refractivity contribution in [2.45, 2.75) is 25.3 Å². The van der Waals surface area contributed by atoms with Crippen molar-refractivity contribution in [3.63, 3.8) is 0 Å². The highest BCUT2D eigenvalue weighted by atomic mass is 35.5. The van der Waals surface area contributed by atoms with Crippen LogP contribution in [0.2, 0.25) is 0 Å². The standard InChI is InChI=1S/C6H12ClN/c1-5-3-2-4-8-6(5)7/h5-6,8H,2-4H2,1H3. The normalized spacial score (nSPS) is 39.8. The van der Waals surface area contributed by atoms with Gasteiger partial charge in [0.05, 0.1) is 5.50 Å². The number of rotatable bonds is 0. The van der Waals surface area contributed by atoms with Gasteiger partial charge in [-0.25, -0.2) is 0 Å². The Hall–Kier alpha value is 0.250. The minimum absolute atomic E-state index is 0.226. The van der Waals surface area contributed by atoms with Crippen molar-refractivity contribution in [1.29, 1.82) is 0 Å². The Morgan fingerprint density at radius 3 is 2.75 bits per heavy atom. The van der Waals surface area contributed by atoms with Crippen LogP contribution in [0, 0.1) is 5.92 Å². The molecule has 0 amide bonds. The molecule has 0 bridgehead atoms. The summed E-state index contributed by atoms with van der Waals surface area (Å²) in [5.41, 5.74) is 0.226. The van der Waals surface area contributed by atoms with Crippen LogP contribution in [-0.4, -0.2) is 12.0 Å². The molecule has 1 aliphatic heterocycles. The van der Waals surface area contributed by atoms with Crippen molar-refractivity contribution in [3.05, 3.63) is 0 Å². The highest BCUT2D eigenvalue weighted by Crippen LogP contribution is 2.17. The van der Waals surface area contributed by atoms with Crippen molar-refractivity contribution in [1.82, 2.24) is 5.32 Å². The van der Waals surface area contributed by atoms with E-state index in [0.717, 1.165) is 6.54 Å². The van der Waals surface area contributed by atoms with Crippen molar-refractivity contribution in [2.75, 3.05) is 6.54 Å². The molecule has 0 aromatic heterocycles. The molecule has 2 heteroatoms. The minimum atomic E-state index is 0.226. The van der Waals surface area contributed by atoms with Gasteiger partial charge in [-0.3, -0.25) is 0 Å². The molecule has 8 heavy (non-hydrogen) atoms. The SMILES string of the molecule is CC1CCCNC1Cl. The molecule has 1 fully saturated rings. The number of hydrogen-bond donors (Lipinski definition) is 1. The van der Waals surface area contributed by atoms with E-state index < -0.39 is 0 Å². The van der Waals surface area contributed by atoms with E-state index in [9.17, 15) is 0 Å². The molecule has 48 valence electrons. The Kier molecular flexibility index (Phi) is 2.15. The average molecular weight is 134 g/mol. The van der Waals surface area contributed by atoms with E-state index in [1.807, 2.05) is 0 Å². The molecule has 0 aliphatic carbocycles. The number of hydrogen-bond acceptors (Lipinski definition) is 1. The topological polar surface area (TPSA) is 12.0 Å². The van der Waals surface area contributed by atoms with E-state index in [0.29, 0.717) is 5.92 Å². The van der Waals surface area contributed by atoms with Gasteiger partial charge in [0, 0.05) is 0 Å². The van der Waals surface area contributed by atoms with Crippen LogP contribution in [-0.2, 0) is 0 Å². The average Bonchev–Trinajstić information content (AvgIpc) is 1.77. The highest BCUT2D eigenvalue weighted by Gasteiger charge is 2.16. The maximum Gasteiger partial charge on any atom is 0.0851 e. The second kappa shape index (κ2) is 2.70. The molecule has 2 unspecified atom stereocenters. The highest BCUT2D eigenvalue weighted by molar-refractivity contribution is 6.20. The third-order valence-electron chi connectivity index (χ3n) is 1.68. The quantitative estimate of drug-likeness (QED) is 0.391. The zero-order chi connectivity index (χ0) is 5.98. The molecule has 1 rings (SSSR count). The van der Waals surface area contributed by atoms with Crippen molar-refractivity contribution >= 4 is 11.6 Å². The molecular formula is C6H12ClN. The van der Waals surface area contributed by atoms with Crippen molar-refractivity contribution < 1.29 is 0 Å². The predicted octanol–water partition coefficient (Wildman–Crippen LogP) is 1.57. The monoisotopic (exact) mass is 133 g/mol. The van der Waals surface area contributed by atoms with Gasteiger partial charge in [0.1, 0.15) is 0 Å². The lowest BCUT2D eigenvalue weighted by atomic mass is 10.0. The zero-order valence-electron chi connectivity index (χ0n) is 5.15. The molecular weight excluding hydrogens is 122 g/mol. The van der Waals surface area contributed by atoms with Gasteiger partial charge in [-0.15, -0.1) is 11.6 Å². The lowest BCUT2D eigenvalue weighted by Crippen LogP contribution is -2.35. The molecule has 0 aromatic rings. The van der Waals surface area contributed by atoms with E-state index in [2.05, 4.69) is 12.2 Å². The van der Waals surface area contributed by atoms with E-state index >= 15 is 0 Å². The largest absolute Gasteiger partial charge is 0.301 e. The summed E-state index contributed by atoms with van der Waals surface area (Å²) in [6.07, 6.45) is 2.56. The molecule has 0 saturated carbocycles. The third kappa shape index (κ3) is 1.36. The molecule has 1 N–H and O–H groups in total. The van der Waals surface area contributed by atoms with Gasteiger partial charge in [-0.1, -0.05) is 6.92 Å². The molecule has 0 spiro atoms. The summed E-state index contributed by atoms with van der Waals surface area (Å²) in [7, 11) is 0. The van der Waals surface area contributed by atoms with Crippen LogP contribution in [0.1, 0.15) is 19.8 Å². The zero-order valence-corrected chi connectivity index (χ0v) is 5.91. The summed E-state index contributed by atoms with van der Waals surface area (Å²) >= 11 is 5.86. The van der Waals surface area contributed by atoms with E-state index in [4.69, 9.17) is 11.6 Å². The van der Waals surface area contributed by atoms with Crippen LogP contribution in [0.5, 0.6) is 0 Å². The Labute approximate surface area is 55.4 Å². The van der Waals surface area contributed by atoms with Crippen LogP contribution in [0.15, 0.2) is 0 Å². The van der Waals surface area contributed by atoms with Gasteiger partial charge in [0.25, 0.3) is 0 Å². The molecule has 1 saturated heterocycles. The van der Waals surface area contributed by atoms with Crippen LogP contribution in [0.3, 0.4) is 0 Å². The summed E-state index contributed by atoms with van der Waals surface area (Å²) in [5, 5.41) is 3.20. The van der Waals surface area contributed by atoms with Gasteiger partial charge in [-0.2, -0.15) is 0 Å². The summed E-state index contributed by atoms with van der Waals surface area (Å²) in [4.78, 5) is 0. The smallest absolute Gasteiger partial charge is 0.0851 e. The molecule has 1 heterocycles. The predicted molar refractivity (Wildman–Crippen MR) is 36.0 cm³/mol. The number of nitrogens with one attached hydrogen (secondary N) is 1. The minimum Gasteiger partial charge on any atom is -0.301 e. The van der Waals surface area contributed by atoms with Gasteiger partial charge >= 0.3 is 0 Å². The van der Waals surface area contributed by atoms with Crippen LogP contribution in [0.4, 0.5) is 0 Å². The first-order valence-electron chi connectivity index (χ1n) is 3.18. The first kappa shape index (κ1) is 6.37. The Morgan fingerprint density at radius 2 is 2.38 bits per heavy atom. The fourth-order valence-corrected chi connectivity index (χ4v) is 1.25. The van der Waals surface area contributed by atoms with Crippen LogP contribution < -0.4 is 5.32 Å². The van der Waals surface area contributed by atoms with Gasteiger partial charge in [0.15, 0.2) is 0 Å². The first-order valence-corrected chi connectivity index (χ1v) is 3.62. The molecule has 0 aromatic carbocycles. The maximum absolute atomic E-state index is 5.86. The van der Waals surface area contributed by atoms with E-state index in [-0.39, 0.29) is 5.50 Å². The van der Waals surface area contributed by atoms with Gasteiger partial charge in [0.2, 0.25) is 0 Å². The summed E-state index contributed by atoms with van der Waals surface area (Å²) in [5.74, 6) is 0.658. The molecule has 2 atom stereocenters. The molecule has 1 aliphatic rings. The number of alkyl halides is 1. The fourth-order valence-electron chi connectivity index (χ4n) is 1.01. The third-order valence-corrected chi connectivity index (χ3v) is 2.26. The number of piperidine rings is 1. The Bertz CT molecular complexity index is 64.9. The maximum atomic E-state index is 5.86. The van der Waals surface area contributed by atoms with E-state index in [1.165, 1.54) is 12.8 Å². The van der Waals surface area contributed by atoms with Crippen molar-refractivity contribution in [2.24, 2.45) is 5.92 Å². The van der Waals surface area contributed by atoms with E-state index in [1.54, 1.807) is 0 Å². The summed E-state index contributed by atoms with van der Waals surface area (Å²) < 4.78 is 0. The van der Waals surface area contributed by atoms with Crippen molar-refractivity contribution in [3.8, 4) is 0 Å². The first-order chi connectivity index (χ1) is 3.80. The fraction of sp³-hybridized carbons (Fsp3) is 1.00. The lowest BCUT2D eigenvalue weighted by molar-refractivity contribution is 0.372. The van der Waals surface area contributed by atoms with Crippen LogP contribution in [0.25, 0.3) is 0 Å². The molecule has 0 radical (unpaired) electrons. The summed E-state index contributed by atoms with van der Waals surface area (Å²) in [6.45, 7) is 3.28. The number of halogens is 1. The second-order valence-corrected chi connectivity index (χ2v) is 2.95. The van der Waals surface area contributed by atoms with Gasteiger partial charge < -0.3 is 5.32 Å². The summed E-state index contributed by atoms with van der Waals surface area (Å²) in [6, 6.07) is 0. The Morgan fingerprint density at radius 1 is 1.62 bits per heavy atom. The van der Waals surface area contributed by atoms with Gasteiger partial charge in [-0.05, 0) is 25.3 Å². The van der Waals surface area contributed by atoms with Crippen LogP contribution >= 0.6 is 11.6 Å². The lowest BCUT2D eigenvalue weighted by Gasteiger charge is -2.24. The molecule has 1 nitrogen and oxygen atoms in total. The Balaban J connectivity index is 2.28. The second-order valence-electron chi connectivity index (χ2n) is 2.48.